The molecule has 172 valence electrons. The zero-order chi connectivity index (χ0) is 22.7. The van der Waals surface area contributed by atoms with Crippen LogP contribution in [0.1, 0.15) is 37.2 Å². The molecule has 1 aromatic heterocycles. The van der Waals surface area contributed by atoms with Gasteiger partial charge in [-0.15, -0.1) is 0 Å². The topological polar surface area (TPSA) is 67.7 Å². The zero-order valence-electron chi connectivity index (χ0n) is 19.3. The molecule has 0 unspecified atom stereocenters. The van der Waals surface area contributed by atoms with Crippen molar-refractivity contribution in [1.82, 2.24) is 19.6 Å². The van der Waals surface area contributed by atoms with Crippen LogP contribution >= 0.6 is 0 Å². The molecular weight excluding hydrogens is 404 g/mol. The standard InChI is InChI=1S/C25H34N4O3/c1-18(2)24(30)28-13-9-19(10-14-28)22-16-29(25(31)23-11-12-27(3)26-23)15-20(22)17-32-21-7-5-4-6-8-21/h4-8,11-12,18-20,22H,9-10,13-17H2,1-3H3/t20-,22-/m0/s1. The van der Waals surface area contributed by atoms with Crippen molar-refractivity contribution < 1.29 is 14.3 Å². The van der Waals surface area contributed by atoms with Gasteiger partial charge in [-0.2, -0.15) is 5.10 Å². The smallest absolute Gasteiger partial charge is 0.274 e. The summed E-state index contributed by atoms with van der Waals surface area (Å²) in [6.07, 6.45) is 3.77. The minimum absolute atomic E-state index is 0.00904. The Bertz CT molecular complexity index is 918. The van der Waals surface area contributed by atoms with Crippen LogP contribution in [0.5, 0.6) is 5.75 Å². The van der Waals surface area contributed by atoms with Crippen LogP contribution < -0.4 is 4.74 Å². The predicted octanol–water partition coefficient (Wildman–Crippen LogP) is 3.08. The molecule has 32 heavy (non-hydrogen) atoms. The lowest BCUT2D eigenvalue weighted by atomic mass is 9.78. The highest BCUT2D eigenvalue weighted by Crippen LogP contribution is 2.37. The van der Waals surface area contributed by atoms with E-state index in [9.17, 15) is 9.59 Å². The van der Waals surface area contributed by atoms with Gasteiger partial charge >= 0.3 is 0 Å². The van der Waals surface area contributed by atoms with E-state index in [1.165, 1.54) is 0 Å². The van der Waals surface area contributed by atoms with Crippen molar-refractivity contribution in [3.8, 4) is 5.75 Å². The monoisotopic (exact) mass is 438 g/mol. The molecule has 2 aliphatic heterocycles. The SMILES string of the molecule is CC(C)C(=O)N1CCC([C@@H]2CN(C(=O)c3ccn(C)n3)C[C@H]2COc2ccccc2)CC1. The van der Waals surface area contributed by atoms with Crippen LogP contribution in [0.3, 0.4) is 0 Å². The molecule has 0 saturated carbocycles. The van der Waals surface area contributed by atoms with Crippen LogP contribution in [0.25, 0.3) is 0 Å². The van der Waals surface area contributed by atoms with E-state index in [-0.39, 0.29) is 23.7 Å². The minimum atomic E-state index is -0.00904. The third-order valence-electron chi connectivity index (χ3n) is 6.87. The summed E-state index contributed by atoms with van der Waals surface area (Å²) in [7, 11) is 1.83. The second-order valence-corrected chi connectivity index (χ2v) is 9.45. The van der Waals surface area contributed by atoms with Gasteiger partial charge in [-0.1, -0.05) is 32.0 Å². The normalized spacial score (nSPS) is 21.9. The molecule has 2 aromatic rings. The summed E-state index contributed by atoms with van der Waals surface area (Å²) in [5.41, 5.74) is 0.494. The van der Waals surface area contributed by atoms with Gasteiger partial charge in [-0.25, -0.2) is 0 Å². The summed E-state index contributed by atoms with van der Waals surface area (Å²) in [6.45, 7) is 7.52. The number of benzene rings is 1. The van der Waals surface area contributed by atoms with E-state index in [1.54, 1.807) is 16.9 Å². The number of ether oxygens (including phenoxy) is 1. The van der Waals surface area contributed by atoms with Crippen LogP contribution in [0.15, 0.2) is 42.6 Å². The summed E-state index contributed by atoms with van der Waals surface area (Å²) in [4.78, 5) is 29.4. The number of nitrogens with zero attached hydrogens (tertiary/aromatic N) is 4. The first-order chi connectivity index (χ1) is 15.4. The molecule has 0 radical (unpaired) electrons. The molecule has 7 heteroatoms. The first kappa shape index (κ1) is 22.4. The maximum Gasteiger partial charge on any atom is 0.274 e. The maximum absolute atomic E-state index is 13.1. The third kappa shape index (κ3) is 4.97. The number of rotatable bonds is 6. The van der Waals surface area contributed by atoms with Gasteiger partial charge in [0.2, 0.25) is 5.91 Å². The number of piperidine rings is 1. The predicted molar refractivity (Wildman–Crippen MR) is 122 cm³/mol. The van der Waals surface area contributed by atoms with Crippen molar-refractivity contribution in [2.45, 2.75) is 26.7 Å². The molecule has 0 bridgehead atoms. The number of para-hydroxylation sites is 1. The van der Waals surface area contributed by atoms with E-state index in [0.29, 0.717) is 30.7 Å². The lowest BCUT2D eigenvalue weighted by Gasteiger charge is -2.37. The van der Waals surface area contributed by atoms with Crippen molar-refractivity contribution in [2.75, 3.05) is 32.8 Å². The fourth-order valence-electron chi connectivity index (χ4n) is 5.10. The molecule has 2 amide bonds. The molecular formula is C25H34N4O3. The van der Waals surface area contributed by atoms with Gasteiger partial charge in [-0.3, -0.25) is 14.3 Å². The molecule has 0 spiro atoms. The van der Waals surface area contributed by atoms with E-state index in [0.717, 1.165) is 38.2 Å². The van der Waals surface area contributed by atoms with Gasteiger partial charge in [-0.05, 0) is 42.9 Å². The van der Waals surface area contributed by atoms with Crippen molar-refractivity contribution in [3.05, 3.63) is 48.3 Å². The molecule has 0 N–H and O–H groups in total. The first-order valence-electron chi connectivity index (χ1n) is 11.7. The Morgan fingerprint density at radius 1 is 1.06 bits per heavy atom. The molecule has 4 rings (SSSR count). The number of carbonyl (C=O) groups excluding carboxylic acids is 2. The number of likely N-dealkylation sites (tertiary alicyclic amines) is 2. The maximum atomic E-state index is 13.1. The molecule has 2 saturated heterocycles. The number of carbonyl (C=O) groups is 2. The van der Waals surface area contributed by atoms with Gasteiger partial charge in [0.1, 0.15) is 11.4 Å². The summed E-state index contributed by atoms with van der Waals surface area (Å²) in [5, 5.41) is 4.31. The minimum Gasteiger partial charge on any atom is -0.493 e. The zero-order valence-corrected chi connectivity index (χ0v) is 19.3. The van der Waals surface area contributed by atoms with Gasteiger partial charge in [0.05, 0.1) is 6.61 Å². The average molecular weight is 439 g/mol. The van der Waals surface area contributed by atoms with Crippen molar-refractivity contribution in [2.24, 2.45) is 30.7 Å². The van der Waals surface area contributed by atoms with Gasteiger partial charge in [0, 0.05) is 51.3 Å². The van der Waals surface area contributed by atoms with E-state index in [2.05, 4.69) is 5.10 Å². The Hall–Kier alpha value is -2.83. The Labute approximate surface area is 190 Å². The number of aryl methyl sites for hydroxylation is 1. The molecule has 7 nitrogen and oxygen atoms in total. The summed E-state index contributed by atoms with van der Waals surface area (Å²) in [5.74, 6) is 2.24. The number of amides is 2. The molecule has 2 fully saturated rings. The number of hydrogen-bond donors (Lipinski definition) is 0. The average Bonchev–Trinajstić information content (AvgIpc) is 3.44. The number of hydrogen-bond acceptors (Lipinski definition) is 4. The molecule has 3 heterocycles. The fraction of sp³-hybridized carbons (Fsp3) is 0.560. The van der Waals surface area contributed by atoms with Crippen molar-refractivity contribution in [1.29, 1.82) is 0 Å². The fourth-order valence-corrected chi connectivity index (χ4v) is 5.10. The quantitative estimate of drug-likeness (QED) is 0.695. The van der Waals surface area contributed by atoms with E-state index < -0.39 is 0 Å². The van der Waals surface area contributed by atoms with Crippen LogP contribution in [0.4, 0.5) is 0 Å². The second kappa shape index (κ2) is 9.76. The lowest BCUT2D eigenvalue weighted by Crippen LogP contribution is -2.43. The van der Waals surface area contributed by atoms with E-state index in [4.69, 9.17) is 4.74 Å². The Morgan fingerprint density at radius 2 is 1.78 bits per heavy atom. The third-order valence-corrected chi connectivity index (χ3v) is 6.87. The van der Waals surface area contributed by atoms with Gasteiger partial charge < -0.3 is 14.5 Å². The Morgan fingerprint density at radius 3 is 2.41 bits per heavy atom. The van der Waals surface area contributed by atoms with Crippen LogP contribution in [0.2, 0.25) is 0 Å². The summed E-state index contributed by atoms with van der Waals surface area (Å²) >= 11 is 0. The van der Waals surface area contributed by atoms with Crippen LogP contribution in [0, 0.1) is 23.7 Å². The highest BCUT2D eigenvalue weighted by atomic mass is 16.5. The molecule has 2 aliphatic rings. The molecule has 1 aromatic carbocycles. The Balaban J connectivity index is 1.44. The number of aromatic nitrogens is 2. The summed E-state index contributed by atoms with van der Waals surface area (Å²) in [6, 6.07) is 11.6. The largest absolute Gasteiger partial charge is 0.493 e. The Kier molecular flexibility index (Phi) is 6.82. The first-order valence-corrected chi connectivity index (χ1v) is 11.7. The van der Waals surface area contributed by atoms with Crippen LogP contribution in [-0.2, 0) is 11.8 Å². The van der Waals surface area contributed by atoms with Gasteiger partial charge in [0.25, 0.3) is 5.91 Å². The second-order valence-electron chi connectivity index (χ2n) is 9.45. The summed E-state index contributed by atoms with van der Waals surface area (Å²) < 4.78 is 7.78. The van der Waals surface area contributed by atoms with E-state index >= 15 is 0 Å². The highest BCUT2D eigenvalue weighted by Gasteiger charge is 2.42. The van der Waals surface area contributed by atoms with Crippen molar-refractivity contribution >= 4 is 11.8 Å². The van der Waals surface area contributed by atoms with Crippen molar-refractivity contribution in [3.63, 3.8) is 0 Å². The van der Waals surface area contributed by atoms with Crippen LogP contribution in [-0.4, -0.2) is 64.2 Å². The highest BCUT2D eigenvalue weighted by molar-refractivity contribution is 5.92. The molecule has 2 atom stereocenters. The van der Waals surface area contributed by atoms with E-state index in [1.807, 2.05) is 61.0 Å². The molecule has 0 aliphatic carbocycles. The lowest BCUT2D eigenvalue weighted by molar-refractivity contribution is -0.136. The van der Waals surface area contributed by atoms with Gasteiger partial charge in [0.15, 0.2) is 0 Å².